The molecule has 0 saturated heterocycles. The lowest BCUT2D eigenvalue weighted by Crippen LogP contribution is -2.31. The molecule has 1 aliphatic carbocycles. The van der Waals surface area contributed by atoms with Crippen LogP contribution in [0.5, 0.6) is 0 Å². The zero-order chi connectivity index (χ0) is 15.5. The van der Waals surface area contributed by atoms with E-state index in [2.05, 4.69) is 32.4 Å². The Bertz CT molecular complexity index is 628. The molecule has 3 N–H and O–H groups in total. The molecule has 2 rings (SSSR count). The first-order valence-corrected chi connectivity index (χ1v) is 8.26. The molecule has 5 nitrogen and oxygen atoms in total. The molecular weight excluding hydrogens is 276 g/mol. The second-order valence-electron chi connectivity index (χ2n) is 6.72. The van der Waals surface area contributed by atoms with Gasteiger partial charge in [-0.25, -0.2) is 13.1 Å². The first-order chi connectivity index (χ1) is 8.96. The number of hydrogen-bond acceptors (Lipinski definition) is 4. The molecule has 1 aromatic heterocycles. The van der Waals surface area contributed by atoms with Crippen LogP contribution in [0.2, 0.25) is 0 Å². The van der Waals surface area contributed by atoms with E-state index >= 15 is 0 Å². The van der Waals surface area contributed by atoms with Gasteiger partial charge in [-0.15, -0.1) is 0 Å². The van der Waals surface area contributed by atoms with Crippen LogP contribution in [-0.2, 0) is 16.6 Å². The summed E-state index contributed by atoms with van der Waals surface area (Å²) in [5, 5.41) is 0. The van der Waals surface area contributed by atoms with E-state index in [0.29, 0.717) is 17.1 Å². The van der Waals surface area contributed by atoms with Gasteiger partial charge in [0.1, 0.15) is 16.4 Å². The van der Waals surface area contributed by atoms with Crippen molar-refractivity contribution in [3.05, 3.63) is 17.1 Å². The number of sulfonamides is 1. The molecule has 1 heterocycles. The van der Waals surface area contributed by atoms with Gasteiger partial charge in [0.2, 0.25) is 10.0 Å². The fraction of sp³-hybridized carbons (Fsp3) is 0.714. The van der Waals surface area contributed by atoms with Crippen LogP contribution in [0.25, 0.3) is 0 Å². The molecule has 1 aliphatic rings. The Hall–Kier alpha value is -0.850. The summed E-state index contributed by atoms with van der Waals surface area (Å²) in [4.78, 5) is 0.205. The van der Waals surface area contributed by atoms with Crippen LogP contribution in [-0.4, -0.2) is 14.5 Å². The van der Waals surface area contributed by atoms with Crippen LogP contribution in [0, 0.1) is 24.7 Å². The Labute approximate surface area is 121 Å². The molecule has 1 saturated carbocycles. The minimum Gasteiger partial charge on any atom is -0.465 e. The van der Waals surface area contributed by atoms with Gasteiger partial charge in [-0.05, 0) is 24.7 Å². The molecule has 0 aliphatic heterocycles. The maximum Gasteiger partial charge on any atom is 0.244 e. The predicted molar refractivity (Wildman–Crippen MR) is 77.7 cm³/mol. The van der Waals surface area contributed by atoms with Gasteiger partial charge in [-0.1, -0.05) is 27.7 Å². The van der Waals surface area contributed by atoms with Crippen LogP contribution in [0.1, 0.15) is 44.8 Å². The summed E-state index contributed by atoms with van der Waals surface area (Å²) >= 11 is 0. The van der Waals surface area contributed by atoms with Crippen LogP contribution in [0.4, 0.5) is 0 Å². The molecule has 6 heteroatoms. The van der Waals surface area contributed by atoms with E-state index in [-0.39, 0.29) is 28.3 Å². The van der Waals surface area contributed by atoms with Crippen molar-refractivity contribution in [3.8, 4) is 0 Å². The number of nitrogens with one attached hydrogen (secondary N) is 1. The molecule has 0 atom stereocenters. The normalized spacial score (nSPS) is 21.1. The summed E-state index contributed by atoms with van der Waals surface area (Å²) in [6, 6.07) is -0.0831. The van der Waals surface area contributed by atoms with E-state index < -0.39 is 10.0 Å². The fourth-order valence-corrected chi connectivity index (χ4v) is 4.99. The van der Waals surface area contributed by atoms with E-state index in [1.165, 1.54) is 0 Å². The van der Waals surface area contributed by atoms with Crippen molar-refractivity contribution in [2.24, 2.45) is 16.6 Å². The Morgan fingerprint density at radius 1 is 1.15 bits per heavy atom. The maximum atomic E-state index is 12.6. The highest BCUT2D eigenvalue weighted by molar-refractivity contribution is 7.89. The van der Waals surface area contributed by atoms with Crippen molar-refractivity contribution in [1.82, 2.24) is 4.72 Å². The van der Waals surface area contributed by atoms with Crippen LogP contribution in [0.3, 0.4) is 0 Å². The lowest BCUT2D eigenvalue weighted by Gasteiger charge is -2.09. The summed E-state index contributed by atoms with van der Waals surface area (Å²) < 4.78 is 33.5. The molecule has 0 unspecified atom stereocenters. The highest BCUT2D eigenvalue weighted by atomic mass is 32.2. The van der Waals surface area contributed by atoms with E-state index in [1.54, 1.807) is 13.8 Å². The lowest BCUT2D eigenvalue weighted by molar-refractivity contribution is 0.457. The van der Waals surface area contributed by atoms with E-state index in [9.17, 15) is 8.42 Å². The monoisotopic (exact) mass is 300 g/mol. The molecule has 0 amide bonds. The molecular formula is C14H24N2O3S. The third-order valence-corrected chi connectivity index (χ3v) is 6.71. The minimum atomic E-state index is -3.62. The summed E-state index contributed by atoms with van der Waals surface area (Å²) in [7, 11) is -3.62. The van der Waals surface area contributed by atoms with Gasteiger partial charge in [0.15, 0.2) is 0 Å². The van der Waals surface area contributed by atoms with Gasteiger partial charge >= 0.3 is 0 Å². The average molecular weight is 300 g/mol. The summed E-state index contributed by atoms with van der Waals surface area (Å²) in [6.07, 6.45) is 0. The predicted octanol–water partition coefficient (Wildman–Crippen LogP) is 2.07. The van der Waals surface area contributed by atoms with Gasteiger partial charge in [0, 0.05) is 18.2 Å². The SMILES string of the molecule is Cc1oc(C)c(S(=O)(=O)NC2C(C)(C)C2(C)C)c1CN. The number of hydrogen-bond donors (Lipinski definition) is 2. The Kier molecular flexibility index (Phi) is 3.36. The van der Waals surface area contributed by atoms with Crippen molar-refractivity contribution < 1.29 is 12.8 Å². The molecule has 0 bridgehead atoms. The van der Waals surface area contributed by atoms with Crippen LogP contribution >= 0.6 is 0 Å². The molecule has 1 aromatic rings. The maximum absolute atomic E-state index is 12.6. The van der Waals surface area contributed by atoms with Gasteiger partial charge in [-0.3, -0.25) is 0 Å². The molecule has 1 fully saturated rings. The van der Waals surface area contributed by atoms with Crippen LogP contribution in [0.15, 0.2) is 9.31 Å². The van der Waals surface area contributed by atoms with Crippen molar-refractivity contribution in [1.29, 1.82) is 0 Å². The molecule has 0 radical (unpaired) electrons. The van der Waals surface area contributed by atoms with Crippen molar-refractivity contribution >= 4 is 10.0 Å². The number of nitrogens with two attached hydrogens (primary N) is 1. The largest absolute Gasteiger partial charge is 0.465 e. The Morgan fingerprint density at radius 2 is 1.65 bits per heavy atom. The molecule has 114 valence electrons. The van der Waals surface area contributed by atoms with E-state index in [1.807, 2.05) is 0 Å². The van der Waals surface area contributed by atoms with E-state index in [0.717, 1.165) is 0 Å². The first kappa shape index (κ1) is 15.5. The number of aryl methyl sites for hydroxylation is 2. The molecule has 0 aromatic carbocycles. The summed E-state index contributed by atoms with van der Waals surface area (Å²) in [5.41, 5.74) is 6.10. The second-order valence-corrected chi connectivity index (χ2v) is 8.37. The van der Waals surface area contributed by atoms with Crippen molar-refractivity contribution in [2.75, 3.05) is 0 Å². The number of furan rings is 1. The summed E-state index contributed by atoms with van der Waals surface area (Å²) in [5.74, 6) is 0.964. The van der Waals surface area contributed by atoms with Gasteiger partial charge < -0.3 is 10.2 Å². The first-order valence-electron chi connectivity index (χ1n) is 6.78. The highest BCUT2D eigenvalue weighted by Gasteiger charge is 2.66. The second kappa shape index (κ2) is 4.32. The van der Waals surface area contributed by atoms with Gasteiger partial charge in [0.05, 0.1) is 0 Å². The van der Waals surface area contributed by atoms with Gasteiger partial charge in [-0.2, -0.15) is 0 Å². The van der Waals surface area contributed by atoms with E-state index in [4.69, 9.17) is 10.2 Å². The molecule has 20 heavy (non-hydrogen) atoms. The quantitative estimate of drug-likeness (QED) is 0.891. The lowest BCUT2D eigenvalue weighted by atomic mass is 10.0. The molecule has 0 spiro atoms. The van der Waals surface area contributed by atoms with Gasteiger partial charge in [0.25, 0.3) is 0 Å². The summed E-state index contributed by atoms with van der Waals surface area (Å²) in [6.45, 7) is 11.8. The number of rotatable bonds is 4. The average Bonchev–Trinajstić information content (AvgIpc) is 2.57. The zero-order valence-electron chi connectivity index (χ0n) is 13.0. The highest BCUT2D eigenvalue weighted by Crippen LogP contribution is 2.63. The minimum absolute atomic E-state index is 0.0599. The Morgan fingerprint density at radius 3 is 2.05 bits per heavy atom. The van der Waals surface area contributed by atoms with Crippen molar-refractivity contribution in [2.45, 2.75) is 59.0 Å². The third kappa shape index (κ3) is 2.01. The fourth-order valence-electron chi connectivity index (χ4n) is 3.00. The third-order valence-electron chi connectivity index (χ3n) is 5.09. The van der Waals surface area contributed by atoms with Crippen molar-refractivity contribution in [3.63, 3.8) is 0 Å². The Balaban J connectivity index is 2.39. The zero-order valence-corrected chi connectivity index (χ0v) is 13.8. The van der Waals surface area contributed by atoms with Crippen LogP contribution < -0.4 is 10.5 Å². The topological polar surface area (TPSA) is 85.3 Å². The smallest absolute Gasteiger partial charge is 0.244 e. The standard InChI is InChI=1S/C14H24N2O3S/c1-8-10(7-15)11(9(2)19-8)20(17,18)16-12-13(3,4)14(12,5)6/h12,16H,7,15H2,1-6H3.